The van der Waals surface area contributed by atoms with Crippen LogP contribution in [0.1, 0.15) is 24.2 Å². The summed E-state index contributed by atoms with van der Waals surface area (Å²) in [4.78, 5) is 25.4. The molecule has 1 rings (SSSR count). The predicted molar refractivity (Wildman–Crippen MR) is 93.2 cm³/mol. The SMILES string of the molecule is CCN(CC)C(=O)COC(=O)c1ccc(Br)c(S(=O)(=O)N(C)C)c1. The fourth-order valence-electron chi connectivity index (χ4n) is 1.90. The Morgan fingerprint density at radius 3 is 2.25 bits per heavy atom. The number of nitrogens with zero attached hydrogens (tertiary/aromatic N) is 2. The summed E-state index contributed by atoms with van der Waals surface area (Å²) in [5.74, 6) is -1.05. The molecule has 0 fully saturated rings. The molecule has 7 nitrogen and oxygen atoms in total. The monoisotopic (exact) mass is 420 g/mol. The van der Waals surface area contributed by atoms with E-state index < -0.39 is 16.0 Å². The van der Waals surface area contributed by atoms with Crippen LogP contribution >= 0.6 is 15.9 Å². The highest BCUT2D eigenvalue weighted by molar-refractivity contribution is 9.10. The van der Waals surface area contributed by atoms with Crippen LogP contribution in [-0.4, -0.2) is 63.3 Å². The summed E-state index contributed by atoms with van der Waals surface area (Å²) in [5, 5.41) is 0. The van der Waals surface area contributed by atoms with Crippen LogP contribution < -0.4 is 0 Å². The molecule has 0 aliphatic heterocycles. The van der Waals surface area contributed by atoms with Crippen LogP contribution in [0, 0.1) is 0 Å². The maximum atomic E-state index is 12.2. The first kappa shape index (κ1) is 20.6. The average molecular weight is 421 g/mol. The van der Waals surface area contributed by atoms with Gasteiger partial charge in [-0.15, -0.1) is 0 Å². The van der Waals surface area contributed by atoms with E-state index >= 15 is 0 Å². The fourth-order valence-corrected chi connectivity index (χ4v) is 3.75. The summed E-state index contributed by atoms with van der Waals surface area (Å²) >= 11 is 3.16. The van der Waals surface area contributed by atoms with E-state index in [1.54, 1.807) is 0 Å². The lowest BCUT2D eigenvalue weighted by molar-refractivity contribution is -0.134. The van der Waals surface area contributed by atoms with E-state index in [9.17, 15) is 18.0 Å². The van der Waals surface area contributed by atoms with Crippen molar-refractivity contribution < 1.29 is 22.7 Å². The quantitative estimate of drug-likeness (QED) is 0.627. The van der Waals surface area contributed by atoms with Gasteiger partial charge >= 0.3 is 5.97 Å². The van der Waals surface area contributed by atoms with Gasteiger partial charge < -0.3 is 9.64 Å². The van der Waals surface area contributed by atoms with E-state index in [2.05, 4.69) is 15.9 Å². The molecule has 1 aromatic rings. The van der Waals surface area contributed by atoms with E-state index in [4.69, 9.17) is 4.74 Å². The van der Waals surface area contributed by atoms with E-state index in [0.717, 1.165) is 4.31 Å². The van der Waals surface area contributed by atoms with Crippen LogP contribution in [0.5, 0.6) is 0 Å². The van der Waals surface area contributed by atoms with Gasteiger partial charge in [0.2, 0.25) is 10.0 Å². The Hall–Kier alpha value is -1.45. The number of carbonyl (C=O) groups excluding carboxylic acids is 2. The van der Waals surface area contributed by atoms with Crippen molar-refractivity contribution in [2.75, 3.05) is 33.8 Å². The summed E-state index contributed by atoms with van der Waals surface area (Å²) in [6.45, 7) is 4.33. The third-order valence-electron chi connectivity index (χ3n) is 3.37. The summed E-state index contributed by atoms with van der Waals surface area (Å²) in [5.41, 5.74) is 0.0611. The van der Waals surface area contributed by atoms with E-state index in [1.807, 2.05) is 13.8 Å². The molecule has 1 amide bonds. The molecule has 0 aliphatic rings. The molecule has 0 aromatic heterocycles. The van der Waals surface area contributed by atoms with Gasteiger partial charge in [-0.3, -0.25) is 4.79 Å². The smallest absolute Gasteiger partial charge is 0.338 e. The highest BCUT2D eigenvalue weighted by Gasteiger charge is 2.23. The molecule has 134 valence electrons. The number of amides is 1. The highest BCUT2D eigenvalue weighted by Crippen LogP contribution is 2.25. The van der Waals surface area contributed by atoms with Crippen molar-refractivity contribution in [1.82, 2.24) is 9.21 Å². The first-order valence-electron chi connectivity index (χ1n) is 7.32. The third kappa shape index (κ3) is 4.78. The number of carbonyl (C=O) groups is 2. The third-order valence-corrected chi connectivity index (χ3v) is 6.18. The number of ether oxygens (including phenoxy) is 1. The molecule has 0 saturated carbocycles. The second kappa shape index (κ2) is 8.59. The largest absolute Gasteiger partial charge is 0.452 e. The van der Waals surface area contributed by atoms with E-state index in [-0.39, 0.29) is 23.0 Å². The molecule has 0 aliphatic carbocycles. The molecule has 0 atom stereocenters. The standard InChI is InChI=1S/C15H21BrN2O5S/c1-5-18(6-2)14(19)10-23-15(20)11-7-8-12(16)13(9-11)24(21,22)17(3)4/h7-9H,5-6,10H2,1-4H3. The van der Waals surface area contributed by atoms with Crippen molar-refractivity contribution in [3.05, 3.63) is 28.2 Å². The molecule has 24 heavy (non-hydrogen) atoms. The molecule has 0 unspecified atom stereocenters. The van der Waals surface area contributed by atoms with Gasteiger partial charge in [0, 0.05) is 31.7 Å². The number of hydrogen-bond donors (Lipinski definition) is 0. The van der Waals surface area contributed by atoms with Crippen molar-refractivity contribution in [3.63, 3.8) is 0 Å². The maximum Gasteiger partial charge on any atom is 0.338 e. The van der Waals surface area contributed by atoms with Gasteiger partial charge in [0.1, 0.15) is 0 Å². The second-order valence-corrected chi connectivity index (χ2v) is 8.05. The fraction of sp³-hybridized carbons (Fsp3) is 0.467. The van der Waals surface area contributed by atoms with Crippen LogP contribution in [0.4, 0.5) is 0 Å². The van der Waals surface area contributed by atoms with Crippen molar-refractivity contribution in [3.8, 4) is 0 Å². The number of rotatable bonds is 7. The Morgan fingerprint density at radius 2 is 1.75 bits per heavy atom. The minimum atomic E-state index is -3.71. The molecule has 0 N–H and O–H groups in total. The van der Waals surface area contributed by atoms with Gasteiger partial charge in [-0.25, -0.2) is 17.5 Å². The van der Waals surface area contributed by atoms with Crippen LogP contribution in [0.25, 0.3) is 0 Å². The van der Waals surface area contributed by atoms with Gasteiger partial charge in [-0.05, 0) is 48.0 Å². The zero-order valence-electron chi connectivity index (χ0n) is 14.1. The Bertz CT molecular complexity index is 715. The van der Waals surface area contributed by atoms with Crippen LogP contribution in [-0.2, 0) is 19.6 Å². The van der Waals surface area contributed by atoms with Crippen LogP contribution in [0.3, 0.4) is 0 Å². The van der Waals surface area contributed by atoms with Crippen molar-refractivity contribution >= 4 is 37.8 Å². The summed E-state index contributed by atoms with van der Waals surface area (Å²) in [6.07, 6.45) is 0. The van der Waals surface area contributed by atoms with Crippen molar-refractivity contribution in [1.29, 1.82) is 0 Å². The highest BCUT2D eigenvalue weighted by atomic mass is 79.9. The molecule has 0 heterocycles. The number of likely N-dealkylation sites (N-methyl/N-ethyl adjacent to an activating group) is 1. The second-order valence-electron chi connectivity index (χ2n) is 5.07. The molecule has 9 heteroatoms. The van der Waals surface area contributed by atoms with Gasteiger partial charge in [0.15, 0.2) is 6.61 Å². The van der Waals surface area contributed by atoms with E-state index in [0.29, 0.717) is 17.6 Å². The number of hydrogen-bond acceptors (Lipinski definition) is 5. The van der Waals surface area contributed by atoms with Gasteiger partial charge in [0.05, 0.1) is 10.5 Å². The molecule has 0 spiro atoms. The minimum absolute atomic E-state index is 0.0444. The van der Waals surface area contributed by atoms with Gasteiger partial charge in [-0.1, -0.05) is 0 Å². The normalized spacial score (nSPS) is 11.4. The number of halogens is 1. The minimum Gasteiger partial charge on any atom is -0.452 e. The molecule has 0 saturated heterocycles. The summed E-state index contributed by atoms with van der Waals surface area (Å²) in [7, 11) is -0.916. The molecular formula is C15H21BrN2O5S. The Balaban J connectivity index is 2.96. The van der Waals surface area contributed by atoms with Crippen LogP contribution in [0.15, 0.2) is 27.6 Å². The molecule has 0 bridgehead atoms. The lowest BCUT2D eigenvalue weighted by Gasteiger charge is -2.18. The van der Waals surface area contributed by atoms with Crippen molar-refractivity contribution in [2.24, 2.45) is 0 Å². The number of sulfonamides is 1. The van der Waals surface area contributed by atoms with E-state index in [1.165, 1.54) is 37.2 Å². The maximum absolute atomic E-state index is 12.2. The molecular weight excluding hydrogens is 400 g/mol. The Labute approximate surface area is 150 Å². The Kier molecular flexibility index (Phi) is 7.37. The van der Waals surface area contributed by atoms with Crippen LogP contribution in [0.2, 0.25) is 0 Å². The number of benzene rings is 1. The molecule has 1 aromatic carbocycles. The lowest BCUT2D eigenvalue weighted by atomic mass is 10.2. The zero-order valence-corrected chi connectivity index (χ0v) is 16.5. The predicted octanol–water partition coefficient (Wildman–Crippen LogP) is 1.72. The summed E-state index contributed by atoms with van der Waals surface area (Å²) < 4.78 is 30.9. The zero-order chi connectivity index (χ0) is 18.5. The van der Waals surface area contributed by atoms with Gasteiger partial charge in [-0.2, -0.15) is 0 Å². The first-order valence-corrected chi connectivity index (χ1v) is 9.55. The summed E-state index contributed by atoms with van der Waals surface area (Å²) in [6, 6.07) is 4.12. The average Bonchev–Trinajstić information content (AvgIpc) is 2.53. The molecule has 0 radical (unpaired) electrons. The number of esters is 1. The van der Waals surface area contributed by atoms with Gasteiger partial charge in [0.25, 0.3) is 5.91 Å². The Morgan fingerprint density at radius 1 is 1.17 bits per heavy atom. The first-order chi connectivity index (χ1) is 11.1. The van der Waals surface area contributed by atoms with Crippen molar-refractivity contribution in [2.45, 2.75) is 18.7 Å². The lowest BCUT2D eigenvalue weighted by Crippen LogP contribution is -2.34. The topological polar surface area (TPSA) is 84.0 Å².